The Morgan fingerprint density at radius 1 is 1.23 bits per heavy atom. The zero-order valence-electron chi connectivity index (χ0n) is 15.1. The molecule has 144 valence electrons. The van der Waals surface area contributed by atoms with Gasteiger partial charge in [0.25, 0.3) is 0 Å². The van der Waals surface area contributed by atoms with E-state index in [4.69, 9.17) is 5.73 Å². The zero-order valence-corrected chi connectivity index (χ0v) is 15.1. The molecule has 0 radical (unpaired) electrons. The fourth-order valence-electron chi connectivity index (χ4n) is 4.84. The summed E-state index contributed by atoms with van der Waals surface area (Å²) in [6.45, 7) is 1.68. The summed E-state index contributed by atoms with van der Waals surface area (Å²) in [6.07, 6.45) is 0.821. The van der Waals surface area contributed by atoms with E-state index in [1.165, 1.54) is 18.6 Å². The molecule has 1 amide bonds. The number of halogens is 3. The molecule has 1 aromatic carbocycles. The molecule has 3 nitrogen and oxygen atoms in total. The normalized spacial score (nSPS) is 29.9. The quantitative estimate of drug-likeness (QED) is 0.836. The zero-order chi connectivity index (χ0) is 18.9. The van der Waals surface area contributed by atoms with Crippen LogP contribution in [0.25, 0.3) is 0 Å². The summed E-state index contributed by atoms with van der Waals surface area (Å²) in [5, 5.41) is 3.12. The van der Waals surface area contributed by atoms with Crippen LogP contribution in [0.5, 0.6) is 0 Å². The molecule has 26 heavy (non-hydrogen) atoms. The van der Waals surface area contributed by atoms with Gasteiger partial charge in [-0.3, -0.25) is 4.79 Å². The van der Waals surface area contributed by atoms with Gasteiger partial charge in [0, 0.05) is 18.5 Å². The maximum absolute atomic E-state index is 13.2. The average molecular weight is 368 g/mol. The summed E-state index contributed by atoms with van der Waals surface area (Å²) < 4.78 is 39.6. The van der Waals surface area contributed by atoms with Crippen molar-refractivity contribution in [3.05, 3.63) is 35.4 Å². The first kappa shape index (κ1) is 19.2. The summed E-state index contributed by atoms with van der Waals surface area (Å²) in [5.74, 6) is 0.156. The number of nitrogens with one attached hydrogen (secondary N) is 1. The molecule has 3 N–H and O–H groups in total. The molecule has 0 saturated heterocycles. The molecule has 3 atom stereocenters. The number of benzene rings is 1. The summed E-state index contributed by atoms with van der Waals surface area (Å²) in [6, 6.07) is 5.85. The maximum atomic E-state index is 13.2. The van der Waals surface area contributed by atoms with Gasteiger partial charge in [-0.2, -0.15) is 13.2 Å². The second kappa shape index (κ2) is 7.59. The molecule has 0 aliphatic heterocycles. The second-order valence-electron chi connectivity index (χ2n) is 7.97. The third kappa shape index (κ3) is 4.22. The number of hydrogen-bond donors (Lipinski definition) is 2. The van der Waals surface area contributed by atoms with Crippen LogP contribution in [-0.4, -0.2) is 18.0 Å². The number of fused-ring (bicyclic) bond motifs is 2. The fourth-order valence-corrected chi connectivity index (χ4v) is 4.84. The smallest absolute Gasteiger partial charge is 0.353 e. The molecular weight excluding hydrogens is 341 g/mol. The predicted molar refractivity (Wildman–Crippen MR) is 94.4 cm³/mol. The highest BCUT2D eigenvalue weighted by atomic mass is 19.4. The van der Waals surface area contributed by atoms with E-state index in [2.05, 4.69) is 5.32 Å². The molecule has 2 aliphatic carbocycles. The van der Waals surface area contributed by atoms with Gasteiger partial charge in [-0.25, -0.2) is 0 Å². The summed E-state index contributed by atoms with van der Waals surface area (Å²) in [5.41, 5.74) is 5.64. The van der Waals surface area contributed by atoms with Gasteiger partial charge in [0.05, 0.1) is 5.56 Å². The van der Waals surface area contributed by atoms with E-state index in [0.717, 1.165) is 31.7 Å². The Bertz CT molecular complexity index is 632. The number of carbonyl (C=O) groups is 1. The lowest BCUT2D eigenvalue weighted by atomic mass is 9.67. The molecule has 1 aromatic rings. The minimum Gasteiger partial charge on any atom is -0.353 e. The van der Waals surface area contributed by atoms with Crippen LogP contribution in [0.2, 0.25) is 0 Å². The summed E-state index contributed by atoms with van der Waals surface area (Å²) >= 11 is 0. The van der Waals surface area contributed by atoms with E-state index in [9.17, 15) is 18.0 Å². The van der Waals surface area contributed by atoms with Crippen LogP contribution >= 0.6 is 0 Å². The first-order chi connectivity index (χ1) is 12.3. The Labute approximate surface area is 152 Å². The number of amides is 1. The molecule has 2 bridgehead atoms. The first-order valence-corrected chi connectivity index (χ1v) is 9.46. The van der Waals surface area contributed by atoms with Gasteiger partial charge in [-0.15, -0.1) is 0 Å². The Balaban J connectivity index is 1.65. The molecule has 2 aliphatic rings. The van der Waals surface area contributed by atoms with Gasteiger partial charge >= 0.3 is 6.18 Å². The third-order valence-corrected chi connectivity index (χ3v) is 5.99. The molecule has 6 heteroatoms. The Hall–Kier alpha value is -1.56. The third-order valence-electron chi connectivity index (χ3n) is 5.99. The highest BCUT2D eigenvalue weighted by Gasteiger charge is 2.40. The lowest BCUT2D eigenvalue weighted by Gasteiger charge is -2.45. The second-order valence-corrected chi connectivity index (χ2v) is 7.97. The SMILES string of the molecule is CC(CC(=O)NC1C2CCCC1CC(N)C2)c1ccccc1C(F)(F)F. The van der Waals surface area contributed by atoms with E-state index in [-0.39, 0.29) is 30.0 Å². The number of nitrogens with two attached hydrogens (primary N) is 1. The van der Waals surface area contributed by atoms with Crippen molar-refractivity contribution in [3.63, 3.8) is 0 Å². The van der Waals surface area contributed by atoms with E-state index < -0.39 is 17.7 Å². The standard InChI is InChI=1S/C20H27F3N2O/c1-12(16-7-2-3-8-17(16)20(21,22)23)9-18(26)25-19-13-5-4-6-14(19)11-15(24)10-13/h2-3,7-8,12-15,19H,4-6,9-11,24H2,1H3,(H,25,26). The van der Waals surface area contributed by atoms with Crippen molar-refractivity contribution in [1.82, 2.24) is 5.32 Å². The molecule has 0 spiro atoms. The van der Waals surface area contributed by atoms with E-state index in [1.807, 2.05) is 0 Å². The largest absolute Gasteiger partial charge is 0.416 e. The maximum Gasteiger partial charge on any atom is 0.416 e. The van der Waals surface area contributed by atoms with E-state index in [0.29, 0.717) is 11.8 Å². The molecule has 3 rings (SSSR count). The van der Waals surface area contributed by atoms with Crippen molar-refractivity contribution >= 4 is 5.91 Å². The fraction of sp³-hybridized carbons (Fsp3) is 0.650. The molecule has 2 fully saturated rings. The van der Waals surface area contributed by atoms with Gasteiger partial charge in [0.2, 0.25) is 5.91 Å². The van der Waals surface area contributed by atoms with Gasteiger partial charge in [-0.1, -0.05) is 31.5 Å². The van der Waals surface area contributed by atoms with Crippen molar-refractivity contribution in [3.8, 4) is 0 Å². The number of rotatable bonds is 4. The van der Waals surface area contributed by atoms with Crippen molar-refractivity contribution in [2.24, 2.45) is 17.6 Å². The predicted octanol–water partition coefficient (Wildman–Crippen LogP) is 4.22. The van der Waals surface area contributed by atoms with Crippen LogP contribution in [0, 0.1) is 11.8 Å². The monoisotopic (exact) mass is 368 g/mol. The lowest BCUT2D eigenvalue weighted by molar-refractivity contribution is -0.138. The molecule has 3 unspecified atom stereocenters. The van der Waals surface area contributed by atoms with Crippen LogP contribution < -0.4 is 11.1 Å². The van der Waals surface area contributed by atoms with Crippen molar-refractivity contribution < 1.29 is 18.0 Å². The molecule has 2 saturated carbocycles. The highest BCUT2D eigenvalue weighted by Crippen LogP contribution is 2.40. The van der Waals surface area contributed by atoms with Gasteiger partial charge in [0.1, 0.15) is 0 Å². The van der Waals surface area contributed by atoms with E-state index >= 15 is 0 Å². The first-order valence-electron chi connectivity index (χ1n) is 9.46. The summed E-state index contributed by atoms with van der Waals surface area (Å²) in [7, 11) is 0. The lowest BCUT2D eigenvalue weighted by Crippen LogP contribution is -2.53. The summed E-state index contributed by atoms with van der Waals surface area (Å²) in [4.78, 5) is 12.5. The minimum atomic E-state index is -4.40. The molecule has 0 heterocycles. The number of carbonyl (C=O) groups excluding carboxylic acids is 1. The van der Waals surface area contributed by atoms with Crippen molar-refractivity contribution in [1.29, 1.82) is 0 Å². The van der Waals surface area contributed by atoms with Crippen molar-refractivity contribution in [2.75, 3.05) is 0 Å². The van der Waals surface area contributed by atoms with Crippen LogP contribution in [0.15, 0.2) is 24.3 Å². The van der Waals surface area contributed by atoms with Gasteiger partial charge < -0.3 is 11.1 Å². The highest BCUT2D eigenvalue weighted by molar-refractivity contribution is 5.77. The average Bonchev–Trinajstić information content (AvgIpc) is 2.55. The van der Waals surface area contributed by atoms with Crippen LogP contribution in [0.1, 0.15) is 62.5 Å². The molecule has 0 aromatic heterocycles. The number of alkyl halides is 3. The molecular formula is C20H27F3N2O. The van der Waals surface area contributed by atoms with Gasteiger partial charge in [-0.05, 0) is 55.1 Å². The Kier molecular flexibility index (Phi) is 5.61. The Morgan fingerprint density at radius 3 is 2.46 bits per heavy atom. The van der Waals surface area contributed by atoms with Crippen LogP contribution in [-0.2, 0) is 11.0 Å². The van der Waals surface area contributed by atoms with Crippen LogP contribution in [0.3, 0.4) is 0 Å². The van der Waals surface area contributed by atoms with Crippen molar-refractivity contribution in [2.45, 2.75) is 69.6 Å². The van der Waals surface area contributed by atoms with Gasteiger partial charge in [0.15, 0.2) is 0 Å². The number of hydrogen-bond acceptors (Lipinski definition) is 2. The van der Waals surface area contributed by atoms with Crippen LogP contribution in [0.4, 0.5) is 13.2 Å². The Morgan fingerprint density at radius 2 is 1.85 bits per heavy atom. The topological polar surface area (TPSA) is 55.1 Å². The minimum absolute atomic E-state index is 0.0646. The van der Waals surface area contributed by atoms with E-state index in [1.54, 1.807) is 13.0 Å².